The maximum absolute atomic E-state index is 12.5. The van der Waals surface area contributed by atoms with Crippen LogP contribution in [0.1, 0.15) is 24.0 Å². The van der Waals surface area contributed by atoms with Crippen molar-refractivity contribution in [1.29, 1.82) is 0 Å². The molecule has 172 valence electrons. The highest BCUT2D eigenvalue weighted by Crippen LogP contribution is 2.47. The standard InChI is InChI=1S/C23H20F3N3O4/c1-29-13-16(10-18(20(29)30)22(7-8-22)21(31)32)15-5-6-19(28-12-15)27-11-14-3-2-4-17(9-14)33-23(24,25)26/h2-6,9-10,12-13H,7-8,11H2,1H3,(H,27,28)(H,31,32). The largest absolute Gasteiger partial charge is 0.573 e. The van der Waals surface area contributed by atoms with Gasteiger partial charge in [-0.3, -0.25) is 9.59 Å². The molecule has 1 fully saturated rings. The van der Waals surface area contributed by atoms with E-state index in [-0.39, 0.29) is 23.4 Å². The number of carboxylic acids is 1. The van der Waals surface area contributed by atoms with Gasteiger partial charge in [0.05, 0.1) is 5.41 Å². The Hall–Kier alpha value is -3.82. The number of aromatic nitrogens is 2. The third-order valence-corrected chi connectivity index (χ3v) is 5.56. The van der Waals surface area contributed by atoms with E-state index in [4.69, 9.17) is 0 Å². The lowest BCUT2D eigenvalue weighted by molar-refractivity contribution is -0.274. The van der Waals surface area contributed by atoms with E-state index in [0.717, 1.165) is 0 Å². The average molecular weight is 459 g/mol. The first-order valence-corrected chi connectivity index (χ1v) is 10.1. The van der Waals surface area contributed by atoms with E-state index in [0.29, 0.717) is 35.3 Å². The Kier molecular flexibility index (Phi) is 5.61. The van der Waals surface area contributed by atoms with E-state index >= 15 is 0 Å². The highest BCUT2D eigenvalue weighted by atomic mass is 19.4. The number of benzene rings is 1. The van der Waals surface area contributed by atoms with Crippen LogP contribution in [0.4, 0.5) is 19.0 Å². The fourth-order valence-electron chi connectivity index (χ4n) is 3.65. The maximum Gasteiger partial charge on any atom is 0.573 e. The molecule has 7 nitrogen and oxygen atoms in total. The quantitative estimate of drug-likeness (QED) is 0.553. The molecule has 0 radical (unpaired) electrons. The van der Waals surface area contributed by atoms with Crippen LogP contribution in [0.15, 0.2) is 59.7 Å². The van der Waals surface area contributed by atoms with Crippen molar-refractivity contribution in [1.82, 2.24) is 9.55 Å². The average Bonchev–Trinajstić information content (AvgIpc) is 3.56. The Morgan fingerprint density at radius 1 is 1.21 bits per heavy atom. The van der Waals surface area contributed by atoms with Crippen molar-refractivity contribution >= 4 is 11.8 Å². The van der Waals surface area contributed by atoms with Crippen LogP contribution in [0.3, 0.4) is 0 Å². The lowest BCUT2D eigenvalue weighted by atomic mass is 9.95. The molecule has 0 atom stereocenters. The lowest BCUT2D eigenvalue weighted by Crippen LogP contribution is -2.31. The summed E-state index contributed by atoms with van der Waals surface area (Å²) >= 11 is 0. The number of anilines is 1. The van der Waals surface area contributed by atoms with Gasteiger partial charge >= 0.3 is 12.3 Å². The predicted molar refractivity (Wildman–Crippen MR) is 114 cm³/mol. The number of nitrogens with zero attached hydrogens (tertiary/aromatic N) is 2. The van der Waals surface area contributed by atoms with Gasteiger partial charge in [0.1, 0.15) is 11.6 Å². The molecule has 0 spiro atoms. The number of aryl methyl sites for hydroxylation is 1. The molecule has 0 saturated heterocycles. The van der Waals surface area contributed by atoms with Crippen LogP contribution in [0, 0.1) is 0 Å². The van der Waals surface area contributed by atoms with Crippen LogP contribution in [0.5, 0.6) is 5.75 Å². The van der Waals surface area contributed by atoms with E-state index in [1.807, 2.05) is 0 Å². The first-order valence-electron chi connectivity index (χ1n) is 10.1. The molecule has 0 amide bonds. The topological polar surface area (TPSA) is 93.4 Å². The third-order valence-electron chi connectivity index (χ3n) is 5.56. The minimum atomic E-state index is -4.76. The van der Waals surface area contributed by atoms with E-state index in [2.05, 4.69) is 15.0 Å². The molecule has 2 heterocycles. The number of pyridine rings is 2. The number of carboxylic acid groups (broad SMARTS) is 1. The predicted octanol–water partition coefficient (Wildman–Crippen LogP) is 4.07. The molecule has 2 N–H and O–H groups in total. The number of carbonyl (C=O) groups is 1. The van der Waals surface area contributed by atoms with Gasteiger partial charge in [-0.25, -0.2) is 4.98 Å². The van der Waals surface area contributed by atoms with E-state index in [9.17, 15) is 27.9 Å². The van der Waals surface area contributed by atoms with Crippen LogP contribution in [-0.2, 0) is 23.8 Å². The zero-order chi connectivity index (χ0) is 23.8. The second kappa shape index (κ2) is 8.27. The third kappa shape index (κ3) is 4.84. The second-order valence-electron chi connectivity index (χ2n) is 7.93. The summed E-state index contributed by atoms with van der Waals surface area (Å²) in [5.74, 6) is -0.806. The van der Waals surface area contributed by atoms with Crippen LogP contribution in [0.2, 0.25) is 0 Å². The van der Waals surface area contributed by atoms with Crippen LogP contribution < -0.4 is 15.6 Å². The van der Waals surface area contributed by atoms with Crippen molar-refractivity contribution in [3.63, 3.8) is 0 Å². The number of hydrogen-bond donors (Lipinski definition) is 2. The second-order valence-corrected chi connectivity index (χ2v) is 7.93. The van der Waals surface area contributed by atoms with Gasteiger partial charge in [0.25, 0.3) is 5.56 Å². The Balaban J connectivity index is 1.50. The molecule has 1 aromatic carbocycles. The molecule has 1 aliphatic rings. The number of rotatable bonds is 7. The highest BCUT2D eigenvalue weighted by molar-refractivity contribution is 5.85. The van der Waals surface area contributed by atoms with Gasteiger partial charge in [0, 0.05) is 42.7 Å². The van der Waals surface area contributed by atoms with Gasteiger partial charge in [0.15, 0.2) is 0 Å². The molecule has 33 heavy (non-hydrogen) atoms. The van der Waals surface area contributed by atoms with Crippen molar-refractivity contribution < 1.29 is 27.8 Å². The fraction of sp³-hybridized carbons (Fsp3) is 0.261. The summed E-state index contributed by atoms with van der Waals surface area (Å²) < 4.78 is 42.5. The van der Waals surface area contributed by atoms with Gasteiger partial charge in [-0.15, -0.1) is 13.2 Å². The van der Waals surface area contributed by atoms with E-state index in [1.165, 1.54) is 22.8 Å². The van der Waals surface area contributed by atoms with Crippen molar-refractivity contribution in [2.24, 2.45) is 7.05 Å². The minimum Gasteiger partial charge on any atom is -0.481 e. The number of hydrogen-bond acceptors (Lipinski definition) is 5. The molecule has 0 aliphatic heterocycles. The zero-order valence-electron chi connectivity index (χ0n) is 17.5. The molecule has 1 aliphatic carbocycles. The van der Waals surface area contributed by atoms with Gasteiger partial charge < -0.3 is 19.7 Å². The highest BCUT2D eigenvalue weighted by Gasteiger charge is 2.53. The Labute approximate surface area is 186 Å². The molecule has 4 rings (SSSR count). The SMILES string of the molecule is Cn1cc(-c2ccc(NCc3cccc(OC(F)(F)F)c3)nc2)cc(C2(C(=O)O)CC2)c1=O. The van der Waals surface area contributed by atoms with Crippen LogP contribution >= 0.6 is 0 Å². The minimum absolute atomic E-state index is 0.229. The molecule has 3 aromatic rings. The number of aliphatic carboxylic acids is 1. The first-order chi connectivity index (χ1) is 15.6. The van der Waals surface area contributed by atoms with Crippen molar-refractivity contribution in [3.05, 3.63) is 76.3 Å². The van der Waals surface area contributed by atoms with E-state index < -0.39 is 17.7 Å². The van der Waals surface area contributed by atoms with E-state index in [1.54, 1.807) is 43.7 Å². The summed E-state index contributed by atoms with van der Waals surface area (Å²) in [6.45, 7) is 0.229. The van der Waals surface area contributed by atoms with Crippen molar-refractivity contribution in [2.45, 2.75) is 31.2 Å². The number of ether oxygens (including phenoxy) is 1. The lowest BCUT2D eigenvalue weighted by Gasteiger charge is -2.14. The van der Waals surface area contributed by atoms with Gasteiger partial charge in [-0.2, -0.15) is 0 Å². The number of halogens is 3. The monoisotopic (exact) mass is 459 g/mol. The Bertz CT molecular complexity index is 1250. The summed E-state index contributed by atoms with van der Waals surface area (Å²) in [5.41, 5.74) is 0.743. The first kappa shape index (κ1) is 22.4. The summed E-state index contributed by atoms with van der Waals surface area (Å²) in [4.78, 5) is 28.5. The molecule has 10 heteroatoms. The molecule has 1 saturated carbocycles. The van der Waals surface area contributed by atoms with Crippen LogP contribution in [0.25, 0.3) is 11.1 Å². The van der Waals surface area contributed by atoms with Crippen molar-refractivity contribution in [2.75, 3.05) is 5.32 Å². The van der Waals surface area contributed by atoms with Gasteiger partial charge in [-0.05, 0) is 48.7 Å². The zero-order valence-corrected chi connectivity index (χ0v) is 17.5. The molecule has 0 bridgehead atoms. The molecule has 0 unspecified atom stereocenters. The number of nitrogens with one attached hydrogen (secondary N) is 1. The molecular weight excluding hydrogens is 439 g/mol. The summed E-state index contributed by atoms with van der Waals surface area (Å²) in [7, 11) is 1.58. The normalized spacial score (nSPS) is 14.5. The maximum atomic E-state index is 12.5. The Morgan fingerprint density at radius 3 is 2.58 bits per heavy atom. The van der Waals surface area contributed by atoms with Gasteiger partial charge in [-0.1, -0.05) is 12.1 Å². The molecular formula is C23H20F3N3O4. The van der Waals surface area contributed by atoms with Crippen LogP contribution in [-0.4, -0.2) is 27.0 Å². The summed E-state index contributed by atoms with van der Waals surface area (Å²) in [6.07, 6.45) is -0.696. The van der Waals surface area contributed by atoms with Crippen molar-refractivity contribution in [3.8, 4) is 16.9 Å². The summed E-state index contributed by atoms with van der Waals surface area (Å²) in [5, 5.41) is 12.6. The van der Waals surface area contributed by atoms with Gasteiger partial charge in [0.2, 0.25) is 0 Å². The summed E-state index contributed by atoms with van der Waals surface area (Å²) in [6, 6.07) is 10.7. The number of alkyl halides is 3. The molecule has 2 aromatic heterocycles. The Morgan fingerprint density at radius 2 is 1.97 bits per heavy atom. The fourth-order valence-corrected chi connectivity index (χ4v) is 3.65. The smallest absolute Gasteiger partial charge is 0.481 e.